The molecular weight excluding hydrogens is 456 g/mol. The summed E-state index contributed by atoms with van der Waals surface area (Å²) in [7, 11) is 0. The molecule has 11 heteroatoms. The highest BCUT2D eigenvalue weighted by atomic mass is 16.7. The van der Waals surface area contributed by atoms with Gasteiger partial charge >= 0.3 is 11.9 Å². The van der Waals surface area contributed by atoms with Crippen LogP contribution in [0.25, 0.3) is 10.4 Å². The summed E-state index contributed by atoms with van der Waals surface area (Å²) in [5.74, 6) is -1.79. The first-order valence-electron chi connectivity index (χ1n) is 13.4. The second-order valence-electron chi connectivity index (χ2n) is 10.6. The number of carbonyl (C=O) groups is 3. The average Bonchev–Trinajstić information content (AvgIpc) is 2.86. The molecule has 2 rings (SSSR count). The summed E-state index contributed by atoms with van der Waals surface area (Å²) >= 11 is 0. The summed E-state index contributed by atoms with van der Waals surface area (Å²) in [5.41, 5.74) is 7.08. The van der Waals surface area contributed by atoms with Gasteiger partial charge in [0, 0.05) is 14.6 Å². The van der Waals surface area contributed by atoms with Crippen molar-refractivity contribution >= 4 is 17.8 Å². The summed E-state index contributed by atoms with van der Waals surface area (Å²) in [4.78, 5) is 40.6. The number of hydrogen-bond acceptors (Lipinski definition) is 8. The van der Waals surface area contributed by atoms with Crippen LogP contribution in [0.2, 0.25) is 0 Å². The smallest absolute Gasteiger partial charge is 0.311 e. The van der Waals surface area contributed by atoms with Crippen molar-refractivity contribution < 1.29 is 36.1 Å². The summed E-state index contributed by atoms with van der Waals surface area (Å²) in [6.07, 6.45) is 1.11. The number of carbonyl (C=O) groups excluding carboxylic acids is 3. The van der Waals surface area contributed by atoms with Crippen LogP contribution in [-0.2, 0) is 33.3 Å². The first-order valence-corrected chi connectivity index (χ1v) is 11.9. The lowest BCUT2D eigenvalue weighted by atomic mass is 9.92. The van der Waals surface area contributed by atoms with E-state index in [9.17, 15) is 19.9 Å². The molecule has 11 nitrogen and oxygen atoms in total. The third-order valence-electron chi connectivity index (χ3n) is 5.83. The maximum atomic E-state index is 13.0. The zero-order chi connectivity index (χ0) is 27.8. The predicted octanol–water partition coefficient (Wildman–Crippen LogP) is 3.79. The fourth-order valence-corrected chi connectivity index (χ4v) is 3.93. The van der Waals surface area contributed by atoms with Gasteiger partial charge in [0.2, 0.25) is 5.91 Å². The number of amides is 1. The van der Waals surface area contributed by atoms with Crippen molar-refractivity contribution in [1.82, 2.24) is 5.32 Å². The van der Waals surface area contributed by atoms with Crippen LogP contribution in [0.3, 0.4) is 0 Å². The fourth-order valence-electron chi connectivity index (χ4n) is 3.93. The molecule has 1 N–H and O–H groups in total. The topological polar surface area (TPSA) is 149 Å². The number of ether oxygens (including phenoxy) is 4. The van der Waals surface area contributed by atoms with E-state index in [1.807, 2.05) is 0 Å². The Bertz CT molecular complexity index is 860. The van der Waals surface area contributed by atoms with Crippen molar-refractivity contribution in [3.8, 4) is 0 Å². The minimum absolute atomic E-state index is 0.155. The number of nitrogens with zero attached hydrogens (tertiary/aromatic N) is 3. The molecule has 0 aromatic rings. The van der Waals surface area contributed by atoms with E-state index in [0.29, 0.717) is 0 Å². The molecule has 1 heterocycles. The van der Waals surface area contributed by atoms with Gasteiger partial charge in [0.1, 0.15) is 30.9 Å². The van der Waals surface area contributed by atoms with Crippen LogP contribution >= 0.6 is 0 Å². The molecule has 0 aromatic heterocycles. The summed E-state index contributed by atoms with van der Waals surface area (Å²) in [6, 6.07) is -2.19. The third-order valence-corrected chi connectivity index (χ3v) is 5.83. The summed E-state index contributed by atoms with van der Waals surface area (Å²) in [6.45, 7) is 6.75. The van der Waals surface area contributed by atoms with Crippen molar-refractivity contribution in [2.45, 2.75) is 117 Å². The first-order chi connectivity index (χ1) is 17.4. The molecule has 2 aliphatic rings. The molecular formula is C24H40N4O7. The Morgan fingerprint density at radius 3 is 2.31 bits per heavy atom. The maximum absolute atomic E-state index is 13.0. The second-order valence-corrected chi connectivity index (χ2v) is 10.6. The third kappa shape index (κ3) is 8.37. The molecule has 1 saturated carbocycles. The van der Waals surface area contributed by atoms with E-state index >= 15 is 0 Å². The minimum Gasteiger partial charge on any atom is -0.463 e. The van der Waals surface area contributed by atoms with Crippen LogP contribution in [0, 0.1) is 10.8 Å². The first kappa shape index (κ1) is 25.7. The van der Waals surface area contributed by atoms with E-state index in [1.54, 1.807) is 27.7 Å². The average molecular weight is 499 g/mol. The number of rotatable bonds is 7. The normalized spacial score (nSPS) is 28.7. The van der Waals surface area contributed by atoms with E-state index in [0.717, 1.165) is 32.1 Å². The number of esters is 2. The zero-order valence-corrected chi connectivity index (χ0v) is 21.3. The molecule has 1 unspecified atom stereocenters. The molecule has 0 bridgehead atoms. The van der Waals surface area contributed by atoms with E-state index in [4.69, 9.17) is 21.7 Å². The molecule has 198 valence electrons. The highest BCUT2D eigenvalue weighted by Gasteiger charge is 2.50. The molecule has 0 radical (unpaired) electrons. The molecule has 0 aromatic carbocycles. The lowest BCUT2D eigenvalue weighted by Gasteiger charge is -2.46. The van der Waals surface area contributed by atoms with Crippen LogP contribution in [-0.4, -0.2) is 61.1 Å². The molecule has 5 atom stereocenters. The van der Waals surface area contributed by atoms with E-state index in [1.165, 1.54) is 6.92 Å². The van der Waals surface area contributed by atoms with E-state index < -0.39 is 59.3 Å². The van der Waals surface area contributed by atoms with Crippen LogP contribution in [0.5, 0.6) is 0 Å². The van der Waals surface area contributed by atoms with Gasteiger partial charge < -0.3 is 24.3 Å². The van der Waals surface area contributed by atoms with E-state index in [2.05, 4.69) is 15.3 Å². The van der Waals surface area contributed by atoms with Crippen molar-refractivity contribution in [2.75, 3.05) is 6.61 Å². The Morgan fingerprint density at radius 2 is 1.74 bits per heavy atom. The van der Waals surface area contributed by atoms with Crippen LogP contribution in [0.15, 0.2) is 5.11 Å². The van der Waals surface area contributed by atoms with Crippen LogP contribution in [0.1, 0.15) is 83.3 Å². The van der Waals surface area contributed by atoms with Gasteiger partial charge in [-0.15, -0.1) is 0 Å². The van der Waals surface area contributed by atoms with E-state index in [-0.39, 0.29) is 26.5 Å². The van der Waals surface area contributed by atoms with Crippen LogP contribution < -0.4 is 5.32 Å². The van der Waals surface area contributed by atoms with Crippen LogP contribution in [0.4, 0.5) is 0 Å². The Labute approximate surface area is 210 Å². The molecule has 0 spiro atoms. The molecule has 1 aliphatic heterocycles. The SMILES string of the molecule is [2H]CC(C)(C)C(=O)OC[C@H]1OC(OC2CCCCC2)[C@H](NC(C)=O)[C@@H](OC(=O)C(C)(C)C[2H])[C@H]1N=[N+]=[N-]. The number of azide groups is 1. The van der Waals surface area contributed by atoms with Crippen molar-refractivity contribution in [3.05, 3.63) is 10.4 Å². The van der Waals surface area contributed by atoms with Gasteiger partial charge in [0.15, 0.2) is 6.29 Å². The standard InChI is InChI=1S/C24H40N4O7/c1-14(29)26-18-19(35-22(31)24(5,6)7)17(27-28-25)16(13-32-21(30)23(2,3)4)34-20(18)33-15-11-9-8-10-12-15/h15-20H,8-13H2,1-7H3,(H,26,29)/t16-,17+,18-,19+,20?/m1/s1/i2D,5D. The Balaban J connectivity index is 2.44. The van der Waals surface area contributed by atoms with Gasteiger partial charge in [-0.25, -0.2) is 0 Å². The van der Waals surface area contributed by atoms with Gasteiger partial charge in [0.25, 0.3) is 0 Å². The quantitative estimate of drug-likeness (QED) is 0.243. The summed E-state index contributed by atoms with van der Waals surface area (Å²) in [5, 5.41) is 6.53. The molecule has 2 fully saturated rings. The van der Waals surface area contributed by atoms with Gasteiger partial charge in [-0.05, 0) is 59.9 Å². The Morgan fingerprint density at radius 1 is 1.11 bits per heavy atom. The molecule has 35 heavy (non-hydrogen) atoms. The predicted molar refractivity (Wildman–Crippen MR) is 127 cm³/mol. The van der Waals surface area contributed by atoms with Gasteiger partial charge in [0.05, 0.1) is 16.9 Å². The Kier molecular flexibility index (Phi) is 8.86. The number of hydrogen-bond donors (Lipinski definition) is 1. The number of nitrogens with one attached hydrogen (secondary N) is 1. The Hall–Kier alpha value is -2.36. The minimum atomic E-state index is -1.21. The zero-order valence-electron chi connectivity index (χ0n) is 23.3. The lowest BCUT2D eigenvalue weighted by Crippen LogP contribution is -2.66. The molecule has 1 amide bonds. The van der Waals surface area contributed by atoms with Crippen molar-refractivity contribution in [1.29, 1.82) is 0 Å². The van der Waals surface area contributed by atoms with Gasteiger partial charge in [-0.1, -0.05) is 24.4 Å². The van der Waals surface area contributed by atoms with Crippen molar-refractivity contribution in [3.63, 3.8) is 0 Å². The highest BCUT2D eigenvalue weighted by Crippen LogP contribution is 2.32. The highest BCUT2D eigenvalue weighted by molar-refractivity contribution is 5.76. The largest absolute Gasteiger partial charge is 0.463 e. The fraction of sp³-hybridized carbons (Fsp3) is 0.875. The summed E-state index contributed by atoms with van der Waals surface area (Å²) < 4.78 is 38.9. The molecule has 1 saturated heterocycles. The van der Waals surface area contributed by atoms with Crippen molar-refractivity contribution in [2.24, 2.45) is 15.9 Å². The monoisotopic (exact) mass is 498 g/mol. The maximum Gasteiger partial charge on any atom is 0.311 e. The van der Waals surface area contributed by atoms with Gasteiger partial charge in [-0.3, -0.25) is 14.4 Å². The second kappa shape index (κ2) is 12.1. The molecule has 1 aliphatic carbocycles. The lowest BCUT2D eigenvalue weighted by molar-refractivity contribution is -0.266. The van der Waals surface area contributed by atoms with Gasteiger partial charge in [-0.2, -0.15) is 0 Å².